The van der Waals surface area contributed by atoms with Gasteiger partial charge in [0, 0.05) is 4.47 Å². The number of hydrogen-bond donors (Lipinski definition) is 1. The predicted octanol–water partition coefficient (Wildman–Crippen LogP) is 2.80. The Labute approximate surface area is 119 Å². The molecule has 0 bridgehead atoms. The number of rotatable bonds is 5. The number of nitrogen functional groups attached to an aromatic ring is 1. The van der Waals surface area contributed by atoms with Crippen molar-refractivity contribution in [3.05, 3.63) is 40.6 Å². The van der Waals surface area contributed by atoms with Crippen LogP contribution in [0.5, 0.6) is 11.8 Å². The first kappa shape index (κ1) is 13.6. The Bertz CT molecular complexity index is 546. The molecule has 0 aliphatic rings. The molecular weight excluding hydrogens is 310 g/mol. The molecule has 5 nitrogen and oxygen atoms in total. The highest BCUT2D eigenvalue weighted by Gasteiger charge is 2.10. The summed E-state index contributed by atoms with van der Waals surface area (Å²) in [5.41, 5.74) is 7.22. The summed E-state index contributed by atoms with van der Waals surface area (Å²) in [5.74, 6) is 0.685. The molecule has 2 rings (SSSR count). The fourth-order valence-corrected chi connectivity index (χ4v) is 1.73. The number of benzene rings is 1. The Morgan fingerprint density at radius 1 is 1.11 bits per heavy atom. The SMILES string of the molecule is CCOc1ncnc(OCc2ccc(Br)cc2)c1N. The molecule has 2 aromatic rings. The van der Waals surface area contributed by atoms with Gasteiger partial charge in [-0.2, -0.15) is 9.97 Å². The van der Waals surface area contributed by atoms with Gasteiger partial charge in [-0.25, -0.2) is 0 Å². The summed E-state index contributed by atoms with van der Waals surface area (Å²) in [5, 5.41) is 0. The summed E-state index contributed by atoms with van der Waals surface area (Å²) in [6, 6.07) is 7.83. The molecule has 6 heteroatoms. The van der Waals surface area contributed by atoms with Crippen LogP contribution in [0.25, 0.3) is 0 Å². The van der Waals surface area contributed by atoms with Crippen LogP contribution in [0.1, 0.15) is 12.5 Å². The van der Waals surface area contributed by atoms with Crippen LogP contribution in [0.4, 0.5) is 5.69 Å². The van der Waals surface area contributed by atoms with Gasteiger partial charge in [0.25, 0.3) is 0 Å². The standard InChI is InChI=1S/C13H14BrN3O2/c1-2-18-12-11(15)13(17-8-16-12)19-7-9-3-5-10(14)6-4-9/h3-6,8H,2,7,15H2,1H3. The average Bonchev–Trinajstić information content (AvgIpc) is 2.42. The predicted molar refractivity (Wildman–Crippen MR) is 76.1 cm³/mol. The van der Waals surface area contributed by atoms with Gasteiger partial charge in [0.05, 0.1) is 6.61 Å². The van der Waals surface area contributed by atoms with E-state index in [0.717, 1.165) is 10.0 Å². The zero-order chi connectivity index (χ0) is 13.7. The minimum Gasteiger partial charge on any atom is -0.476 e. The second kappa shape index (κ2) is 6.38. The summed E-state index contributed by atoms with van der Waals surface area (Å²) in [6.07, 6.45) is 1.37. The van der Waals surface area contributed by atoms with E-state index in [1.807, 2.05) is 31.2 Å². The third-order valence-electron chi connectivity index (χ3n) is 2.38. The largest absolute Gasteiger partial charge is 0.476 e. The quantitative estimate of drug-likeness (QED) is 0.916. The maximum atomic E-state index is 5.88. The summed E-state index contributed by atoms with van der Waals surface area (Å²) in [6.45, 7) is 2.75. The molecule has 19 heavy (non-hydrogen) atoms. The number of aromatic nitrogens is 2. The fraction of sp³-hybridized carbons (Fsp3) is 0.231. The van der Waals surface area contributed by atoms with Gasteiger partial charge in [-0.15, -0.1) is 0 Å². The van der Waals surface area contributed by atoms with Crippen LogP contribution >= 0.6 is 15.9 Å². The van der Waals surface area contributed by atoms with Crippen LogP contribution in [0.3, 0.4) is 0 Å². The normalized spacial score (nSPS) is 10.2. The summed E-state index contributed by atoms with van der Waals surface area (Å²) in [4.78, 5) is 7.96. The van der Waals surface area contributed by atoms with Crippen molar-refractivity contribution < 1.29 is 9.47 Å². The van der Waals surface area contributed by atoms with Gasteiger partial charge in [-0.1, -0.05) is 28.1 Å². The highest BCUT2D eigenvalue weighted by molar-refractivity contribution is 9.10. The van der Waals surface area contributed by atoms with Crippen molar-refractivity contribution in [2.24, 2.45) is 0 Å². The van der Waals surface area contributed by atoms with Crippen molar-refractivity contribution in [3.8, 4) is 11.8 Å². The summed E-state index contributed by atoms with van der Waals surface area (Å²) in [7, 11) is 0. The lowest BCUT2D eigenvalue weighted by Crippen LogP contribution is -2.05. The van der Waals surface area contributed by atoms with Gasteiger partial charge in [-0.3, -0.25) is 0 Å². The van der Waals surface area contributed by atoms with E-state index in [-0.39, 0.29) is 0 Å². The van der Waals surface area contributed by atoms with E-state index < -0.39 is 0 Å². The molecule has 0 spiro atoms. The lowest BCUT2D eigenvalue weighted by atomic mass is 10.2. The van der Waals surface area contributed by atoms with Gasteiger partial charge in [-0.05, 0) is 24.6 Å². The molecule has 0 saturated carbocycles. The van der Waals surface area contributed by atoms with Gasteiger partial charge in [0.2, 0.25) is 11.8 Å². The Balaban J connectivity index is 2.07. The van der Waals surface area contributed by atoms with Crippen molar-refractivity contribution in [3.63, 3.8) is 0 Å². The minimum atomic E-state index is 0.321. The van der Waals surface area contributed by atoms with E-state index in [1.165, 1.54) is 6.33 Å². The Morgan fingerprint density at radius 2 is 1.74 bits per heavy atom. The van der Waals surface area contributed by atoms with E-state index in [9.17, 15) is 0 Å². The molecule has 0 radical (unpaired) electrons. The second-order valence-corrected chi connectivity index (χ2v) is 4.66. The number of anilines is 1. The first-order chi connectivity index (χ1) is 9.20. The number of halogens is 1. The van der Waals surface area contributed by atoms with Gasteiger partial charge in [0.1, 0.15) is 12.9 Å². The topological polar surface area (TPSA) is 70.3 Å². The Kier molecular flexibility index (Phi) is 4.57. The molecule has 0 aliphatic heterocycles. The van der Waals surface area contributed by atoms with E-state index in [4.69, 9.17) is 15.2 Å². The first-order valence-corrected chi connectivity index (χ1v) is 6.60. The van der Waals surface area contributed by atoms with Crippen LogP contribution in [0.2, 0.25) is 0 Å². The molecule has 100 valence electrons. The number of nitrogens with zero attached hydrogens (tertiary/aromatic N) is 2. The molecule has 1 aromatic carbocycles. The first-order valence-electron chi connectivity index (χ1n) is 5.81. The summed E-state index contributed by atoms with van der Waals surface area (Å²) < 4.78 is 11.9. The number of ether oxygens (including phenoxy) is 2. The zero-order valence-electron chi connectivity index (χ0n) is 10.5. The monoisotopic (exact) mass is 323 g/mol. The van der Waals surface area contributed by atoms with Crippen LogP contribution in [-0.2, 0) is 6.61 Å². The van der Waals surface area contributed by atoms with Crippen molar-refractivity contribution >= 4 is 21.6 Å². The smallest absolute Gasteiger partial charge is 0.244 e. The maximum Gasteiger partial charge on any atom is 0.244 e. The Morgan fingerprint density at radius 3 is 2.37 bits per heavy atom. The molecule has 0 atom stereocenters. The molecule has 0 aliphatic carbocycles. The molecule has 0 amide bonds. The highest BCUT2D eigenvalue weighted by atomic mass is 79.9. The highest BCUT2D eigenvalue weighted by Crippen LogP contribution is 2.27. The maximum absolute atomic E-state index is 5.88. The number of hydrogen-bond acceptors (Lipinski definition) is 5. The molecule has 1 aromatic heterocycles. The van der Waals surface area contributed by atoms with Crippen LogP contribution in [0, 0.1) is 0 Å². The Hall–Kier alpha value is -1.82. The van der Waals surface area contributed by atoms with Crippen LogP contribution in [0.15, 0.2) is 35.1 Å². The van der Waals surface area contributed by atoms with Gasteiger partial charge >= 0.3 is 0 Å². The fourth-order valence-electron chi connectivity index (χ4n) is 1.46. The zero-order valence-corrected chi connectivity index (χ0v) is 12.1. The van der Waals surface area contributed by atoms with Crippen LogP contribution < -0.4 is 15.2 Å². The molecule has 0 fully saturated rings. The van der Waals surface area contributed by atoms with E-state index in [1.54, 1.807) is 0 Å². The molecule has 2 N–H and O–H groups in total. The van der Waals surface area contributed by atoms with Crippen molar-refractivity contribution in [2.45, 2.75) is 13.5 Å². The van der Waals surface area contributed by atoms with Crippen molar-refractivity contribution in [1.29, 1.82) is 0 Å². The van der Waals surface area contributed by atoms with Crippen LogP contribution in [-0.4, -0.2) is 16.6 Å². The van der Waals surface area contributed by atoms with E-state index >= 15 is 0 Å². The molecular formula is C13H14BrN3O2. The third-order valence-corrected chi connectivity index (χ3v) is 2.91. The third kappa shape index (κ3) is 3.57. The molecule has 0 unspecified atom stereocenters. The average molecular weight is 324 g/mol. The molecule has 0 saturated heterocycles. The minimum absolute atomic E-state index is 0.321. The summed E-state index contributed by atoms with van der Waals surface area (Å²) >= 11 is 3.38. The van der Waals surface area contributed by atoms with E-state index in [0.29, 0.717) is 30.7 Å². The van der Waals surface area contributed by atoms with Gasteiger partial charge < -0.3 is 15.2 Å². The van der Waals surface area contributed by atoms with E-state index in [2.05, 4.69) is 25.9 Å². The van der Waals surface area contributed by atoms with Gasteiger partial charge in [0.15, 0.2) is 5.69 Å². The molecule has 1 heterocycles. The van der Waals surface area contributed by atoms with Crippen molar-refractivity contribution in [2.75, 3.05) is 12.3 Å². The second-order valence-electron chi connectivity index (χ2n) is 3.75. The van der Waals surface area contributed by atoms with Crippen molar-refractivity contribution in [1.82, 2.24) is 9.97 Å². The number of nitrogens with two attached hydrogens (primary N) is 1. The lowest BCUT2D eigenvalue weighted by molar-refractivity contribution is 0.287. The lowest BCUT2D eigenvalue weighted by Gasteiger charge is -2.10.